The minimum atomic E-state index is -1.82. The first kappa shape index (κ1) is 22.9. The first-order chi connectivity index (χ1) is 15.9. The molecule has 0 radical (unpaired) electrons. The lowest BCUT2D eigenvalue weighted by Crippen LogP contribution is -2.52. The molecule has 4 rings (SSSR count). The van der Waals surface area contributed by atoms with E-state index in [1.54, 1.807) is 24.3 Å². The molecule has 1 unspecified atom stereocenters. The van der Waals surface area contributed by atoms with Gasteiger partial charge in [-0.3, -0.25) is 14.5 Å². The summed E-state index contributed by atoms with van der Waals surface area (Å²) >= 11 is 0. The van der Waals surface area contributed by atoms with E-state index in [2.05, 4.69) is 12.2 Å². The zero-order chi connectivity index (χ0) is 23.6. The van der Waals surface area contributed by atoms with Gasteiger partial charge in [0.05, 0.1) is 12.2 Å². The smallest absolute Gasteiger partial charge is 0.311 e. The van der Waals surface area contributed by atoms with Crippen LogP contribution in [0, 0.1) is 11.6 Å². The van der Waals surface area contributed by atoms with Gasteiger partial charge in [-0.15, -0.1) is 0 Å². The molecule has 2 aromatic carbocycles. The minimum Gasteiger partial charge on any atom is -0.311 e. The maximum Gasteiger partial charge on any atom is 0.325 e. The molecule has 1 N–H and O–H groups in total. The van der Waals surface area contributed by atoms with E-state index in [-0.39, 0.29) is 13.1 Å². The average Bonchev–Trinajstić information content (AvgIpc) is 3.19. The Balaban J connectivity index is 1.57. The summed E-state index contributed by atoms with van der Waals surface area (Å²) < 4.78 is 27.1. The fourth-order valence-electron chi connectivity index (χ4n) is 4.59. The van der Waals surface area contributed by atoms with Gasteiger partial charge in [-0.05, 0) is 30.2 Å². The lowest BCUT2D eigenvalue weighted by Gasteiger charge is -2.22. The van der Waals surface area contributed by atoms with E-state index in [4.69, 9.17) is 0 Å². The lowest BCUT2D eigenvalue weighted by molar-refractivity contribution is -0.138. The maximum atomic E-state index is 13.7. The topological polar surface area (TPSA) is 69.7 Å². The first-order valence-corrected chi connectivity index (χ1v) is 11.4. The molecule has 2 heterocycles. The van der Waals surface area contributed by atoms with Gasteiger partial charge in [0.15, 0.2) is 11.6 Å². The summed E-state index contributed by atoms with van der Waals surface area (Å²) in [6.45, 7) is 2.32. The van der Waals surface area contributed by atoms with E-state index >= 15 is 0 Å². The number of urea groups is 1. The number of para-hydroxylation sites is 1. The van der Waals surface area contributed by atoms with Gasteiger partial charge in [0.1, 0.15) is 0 Å². The number of hydrogen-bond donors (Lipinski definition) is 1. The van der Waals surface area contributed by atoms with Gasteiger partial charge >= 0.3 is 6.03 Å². The van der Waals surface area contributed by atoms with Gasteiger partial charge < -0.3 is 10.2 Å². The third kappa shape index (κ3) is 3.98. The number of carbonyl (C=O) groups is 3. The van der Waals surface area contributed by atoms with Crippen LogP contribution in [0.15, 0.2) is 42.5 Å². The highest BCUT2D eigenvalue weighted by Crippen LogP contribution is 2.44. The molecule has 33 heavy (non-hydrogen) atoms. The van der Waals surface area contributed by atoms with E-state index in [1.807, 2.05) is 0 Å². The normalized spacial score (nSPS) is 19.5. The van der Waals surface area contributed by atoms with Gasteiger partial charge in [0.25, 0.3) is 11.8 Å². The van der Waals surface area contributed by atoms with Crippen molar-refractivity contribution < 1.29 is 23.2 Å². The Morgan fingerprint density at radius 1 is 0.848 bits per heavy atom. The average molecular weight is 456 g/mol. The van der Waals surface area contributed by atoms with Crippen LogP contribution in [0.5, 0.6) is 0 Å². The lowest BCUT2D eigenvalue weighted by atomic mass is 9.91. The van der Waals surface area contributed by atoms with Crippen molar-refractivity contribution in [3.63, 3.8) is 0 Å². The maximum absolute atomic E-state index is 13.7. The molecule has 1 saturated heterocycles. The van der Waals surface area contributed by atoms with Gasteiger partial charge in [0.2, 0.25) is 5.54 Å². The summed E-state index contributed by atoms with van der Waals surface area (Å²) in [7, 11) is 0. The summed E-state index contributed by atoms with van der Waals surface area (Å²) in [4.78, 5) is 42.3. The Labute approximate surface area is 191 Å². The molecule has 0 aliphatic carbocycles. The predicted molar refractivity (Wildman–Crippen MR) is 119 cm³/mol. The van der Waals surface area contributed by atoms with Gasteiger partial charge in [-0.2, -0.15) is 0 Å². The van der Waals surface area contributed by atoms with Crippen molar-refractivity contribution in [2.24, 2.45) is 0 Å². The molecule has 1 spiro atoms. The standard InChI is InChI=1S/C25H27F2N3O3/c1-2-3-4-5-6-9-14-29-22(31)25(28-24(29)33)18-10-7-8-11-21(18)30(23(25)32)16-17-12-13-19(26)20(27)15-17/h7-8,10-13,15H,2-6,9,14,16H2,1H3,(H,28,33). The largest absolute Gasteiger partial charge is 0.325 e. The number of fused-ring (bicyclic) bond motifs is 2. The zero-order valence-corrected chi connectivity index (χ0v) is 18.6. The van der Waals surface area contributed by atoms with E-state index in [1.165, 1.54) is 11.0 Å². The third-order valence-corrected chi connectivity index (χ3v) is 6.33. The first-order valence-electron chi connectivity index (χ1n) is 11.4. The fourth-order valence-corrected chi connectivity index (χ4v) is 4.59. The van der Waals surface area contributed by atoms with E-state index < -0.39 is 35.0 Å². The SMILES string of the molecule is CCCCCCCCN1C(=O)NC2(C1=O)C(=O)N(Cc1ccc(F)c(F)c1)c1ccccc12. The monoisotopic (exact) mass is 455 g/mol. The number of hydrogen-bond acceptors (Lipinski definition) is 3. The molecular formula is C25H27F2N3O3. The van der Waals surface area contributed by atoms with Crippen LogP contribution in [0.3, 0.4) is 0 Å². The van der Waals surface area contributed by atoms with Crippen LogP contribution >= 0.6 is 0 Å². The van der Waals surface area contributed by atoms with Crippen LogP contribution < -0.4 is 10.2 Å². The Morgan fingerprint density at radius 2 is 1.55 bits per heavy atom. The number of carbonyl (C=O) groups excluding carboxylic acids is 3. The van der Waals surface area contributed by atoms with Crippen LogP contribution in [0.2, 0.25) is 0 Å². The third-order valence-electron chi connectivity index (χ3n) is 6.33. The number of rotatable bonds is 9. The van der Waals surface area contributed by atoms with Crippen LogP contribution in [-0.4, -0.2) is 29.3 Å². The van der Waals surface area contributed by atoms with Crippen molar-refractivity contribution in [1.29, 1.82) is 0 Å². The van der Waals surface area contributed by atoms with Crippen LogP contribution in [0.25, 0.3) is 0 Å². The summed E-state index contributed by atoms with van der Waals surface area (Å²) in [6, 6.07) is 9.56. The van der Waals surface area contributed by atoms with Crippen molar-refractivity contribution in [3.05, 3.63) is 65.2 Å². The van der Waals surface area contributed by atoms with Gasteiger partial charge in [-0.1, -0.05) is 63.3 Å². The number of imide groups is 1. The summed E-state index contributed by atoms with van der Waals surface area (Å²) in [5.41, 5.74) is -0.604. The van der Waals surface area contributed by atoms with Crippen molar-refractivity contribution in [2.45, 2.75) is 57.5 Å². The second kappa shape index (κ2) is 9.29. The van der Waals surface area contributed by atoms with Gasteiger partial charge in [-0.25, -0.2) is 13.6 Å². The molecule has 2 aromatic rings. The number of halogens is 2. The highest BCUT2D eigenvalue weighted by atomic mass is 19.2. The molecule has 174 valence electrons. The predicted octanol–water partition coefficient (Wildman–Crippen LogP) is 4.62. The van der Waals surface area contributed by atoms with E-state index in [0.29, 0.717) is 23.2 Å². The number of unbranched alkanes of at least 4 members (excludes halogenated alkanes) is 5. The Hall–Kier alpha value is -3.29. The molecule has 1 atom stereocenters. The number of amides is 4. The van der Waals surface area contributed by atoms with Crippen molar-refractivity contribution in [3.8, 4) is 0 Å². The zero-order valence-electron chi connectivity index (χ0n) is 18.6. The fraction of sp³-hybridized carbons (Fsp3) is 0.400. The molecule has 2 aliphatic heterocycles. The van der Waals surface area contributed by atoms with E-state index in [9.17, 15) is 23.2 Å². The second-order valence-corrected chi connectivity index (χ2v) is 8.56. The number of anilines is 1. The number of nitrogens with zero attached hydrogens (tertiary/aromatic N) is 2. The molecule has 0 bridgehead atoms. The summed E-state index contributed by atoms with van der Waals surface area (Å²) in [5, 5.41) is 2.64. The number of nitrogens with one attached hydrogen (secondary N) is 1. The summed E-state index contributed by atoms with van der Waals surface area (Å²) in [6.07, 6.45) is 6.02. The van der Waals surface area contributed by atoms with E-state index in [0.717, 1.165) is 49.1 Å². The van der Waals surface area contributed by atoms with Crippen LogP contribution in [0.4, 0.5) is 19.3 Å². The van der Waals surface area contributed by atoms with Crippen molar-refractivity contribution in [2.75, 3.05) is 11.4 Å². The molecular weight excluding hydrogens is 428 g/mol. The Bertz CT molecular complexity index is 1090. The molecule has 0 saturated carbocycles. The highest BCUT2D eigenvalue weighted by molar-refractivity contribution is 6.27. The minimum absolute atomic E-state index is 0.0601. The molecule has 1 fully saturated rings. The van der Waals surface area contributed by atoms with Gasteiger partial charge in [0, 0.05) is 12.1 Å². The molecule has 8 heteroatoms. The number of benzene rings is 2. The molecule has 2 aliphatic rings. The molecule has 4 amide bonds. The van der Waals surface area contributed by atoms with Crippen LogP contribution in [-0.2, 0) is 21.7 Å². The Kier molecular flexibility index (Phi) is 6.44. The van der Waals surface area contributed by atoms with Crippen molar-refractivity contribution >= 4 is 23.5 Å². The Morgan fingerprint density at radius 3 is 2.30 bits per heavy atom. The van der Waals surface area contributed by atoms with Crippen LogP contribution in [0.1, 0.15) is 56.6 Å². The molecule has 0 aromatic heterocycles. The highest BCUT2D eigenvalue weighted by Gasteiger charge is 2.63. The quantitative estimate of drug-likeness (QED) is 0.341. The summed E-state index contributed by atoms with van der Waals surface area (Å²) in [5.74, 6) is -3.19. The van der Waals surface area contributed by atoms with Crippen molar-refractivity contribution in [1.82, 2.24) is 10.2 Å². The molecule has 6 nitrogen and oxygen atoms in total. The second-order valence-electron chi connectivity index (χ2n) is 8.56.